The Morgan fingerprint density at radius 3 is 2.33 bits per heavy atom. The molecule has 0 aromatic heterocycles. The average molecular weight is 308 g/mol. The lowest BCUT2D eigenvalue weighted by molar-refractivity contribution is 0.252. The van der Waals surface area contributed by atoms with Gasteiger partial charge >= 0.3 is 0 Å². The van der Waals surface area contributed by atoms with Crippen molar-refractivity contribution in [3.05, 3.63) is 96.1 Å². The van der Waals surface area contributed by atoms with Crippen LogP contribution in [0.4, 0.5) is 0 Å². The highest BCUT2D eigenvalue weighted by Crippen LogP contribution is 2.37. The van der Waals surface area contributed by atoms with Crippen molar-refractivity contribution in [2.75, 3.05) is 0 Å². The molecular formula is C23H16O. The lowest BCUT2D eigenvalue weighted by atomic mass is 9.98. The van der Waals surface area contributed by atoms with Gasteiger partial charge in [-0.05, 0) is 45.3 Å². The second-order valence-electron chi connectivity index (χ2n) is 6.20. The predicted octanol–water partition coefficient (Wildman–Crippen LogP) is 6.14. The molecule has 0 N–H and O–H groups in total. The minimum atomic E-state index is -0.0386. The average Bonchev–Trinajstić information content (AvgIpc) is 2.67. The van der Waals surface area contributed by atoms with E-state index in [1.54, 1.807) is 0 Å². The smallest absolute Gasteiger partial charge is 0.142 e. The van der Waals surface area contributed by atoms with E-state index in [4.69, 9.17) is 4.74 Å². The summed E-state index contributed by atoms with van der Waals surface area (Å²) >= 11 is 0. The van der Waals surface area contributed by atoms with Crippen LogP contribution in [0, 0.1) is 0 Å². The van der Waals surface area contributed by atoms with Gasteiger partial charge in [-0.2, -0.15) is 0 Å². The van der Waals surface area contributed by atoms with E-state index < -0.39 is 0 Å². The Morgan fingerprint density at radius 2 is 1.42 bits per heavy atom. The summed E-state index contributed by atoms with van der Waals surface area (Å²) in [4.78, 5) is 0. The molecule has 4 aromatic carbocycles. The molecule has 0 fully saturated rings. The Kier molecular flexibility index (Phi) is 2.92. The van der Waals surface area contributed by atoms with E-state index in [-0.39, 0.29) is 6.10 Å². The molecule has 0 amide bonds. The summed E-state index contributed by atoms with van der Waals surface area (Å²) in [7, 11) is 0. The van der Waals surface area contributed by atoms with Crippen molar-refractivity contribution in [2.24, 2.45) is 0 Å². The Morgan fingerprint density at radius 1 is 0.667 bits per heavy atom. The third-order valence-electron chi connectivity index (χ3n) is 4.72. The zero-order valence-corrected chi connectivity index (χ0v) is 13.1. The zero-order valence-electron chi connectivity index (χ0n) is 13.1. The molecule has 0 spiro atoms. The maximum Gasteiger partial charge on any atom is 0.142 e. The van der Waals surface area contributed by atoms with Crippen LogP contribution in [-0.2, 0) is 0 Å². The fourth-order valence-electron chi connectivity index (χ4n) is 3.47. The van der Waals surface area contributed by atoms with Crippen LogP contribution in [0.15, 0.2) is 84.9 Å². The summed E-state index contributed by atoms with van der Waals surface area (Å²) in [5, 5.41) is 4.99. The molecule has 0 bridgehead atoms. The van der Waals surface area contributed by atoms with Crippen molar-refractivity contribution in [3.8, 4) is 5.75 Å². The van der Waals surface area contributed by atoms with E-state index in [0.717, 1.165) is 5.75 Å². The molecule has 0 radical (unpaired) electrons. The zero-order chi connectivity index (χ0) is 15.9. The van der Waals surface area contributed by atoms with E-state index in [0.29, 0.717) is 0 Å². The molecule has 0 saturated heterocycles. The largest absolute Gasteiger partial charge is 0.481 e. The number of benzene rings is 4. The molecular weight excluding hydrogens is 292 g/mol. The minimum Gasteiger partial charge on any atom is -0.481 e. The molecule has 0 aliphatic carbocycles. The van der Waals surface area contributed by atoms with E-state index in [2.05, 4.69) is 91.0 Å². The van der Waals surface area contributed by atoms with Gasteiger partial charge in [0.1, 0.15) is 11.9 Å². The fourth-order valence-corrected chi connectivity index (χ4v) is 3.47. The minimum absolute atomic E-state index is 0.0386. The van der Waals surface area contributed by atoms with Gasteiger partial charge in [0.05, 0.1) is 0 Å². The van der Waals surface area contributed by atoms with Crippen molar-refractivity contribution < 1.29 is 4.74 Å². The first kappa shape index (κ1) is 13.4. The lowest BCUT2D eigenvalue weighted by Crippen LogP contribution is -2.09. The standard InChI is InChI=1S/C23H16O/c1-2-7-18-15-19(10-9-16(18)5-1)22-14-12-21-20-8-4-3-6-17(20)11-13-23(21)24-22/h1-15,22H. The number of ether oxygens (including phenoxy) is 1. The van der Waals surface area contributed by atoms with Gasteiger partial charge in [-0.15, -0.1) is 0 Å². The van der Waals surface area contributed by atoms with E-state index in [9.17, 15) is 0 Å². The molecule has 1 heteroatoms. The summed E-state index contributed by atoms with van der Waals surface area (Å²) < 4.78 is 6.29. The number of hydrogen-bond donors (Lipinski definition) is 0. The SMILES string of the molecule is C1=CC(c2ccc3ccccc3c2)Oc2ccc3ccccc3c21. The van der Waals surface area contributed by atoms with Crippen molar-refractivity contribution in [2.45, 2.75) is 6.10 Å². The molecule has 1 nitrogen and oxygen atoms in total. The first-order valence-electron chi connectivity index (χ1n) is 8.24. The summed E-state index contributed by atoms with van der Waals surface area (Å²) in [5.41, 5.74) is 2.36. The second-order valence-corrected chi connectivity index (χ2v) is 6.20. The van der Waals surface area contributed by atoms with Crippen LogP contribution < -0.4 is 4.74 Å². The normalized spacial score (nSPS) is 16.1. The van der Waals surface area contributed by atoms with E-state index in [1.165, 1.54) is 32.7 Å². The molecule has 0 saturated carbocycles. The van der Waals surface area contributed by atoms with Crippen LogP contribution in [0.2, 0.25) is 0 Å². The van der Waals surface area contributed by atoms with E-state index in [1.807, 2.05) is 0 Å². The topological polar surface area (TPSA) is 9.23 Å². The maximum atomic E-state index is 6.29. The van der Waals surface area contributed by atoms with Crippen molar-refractivity contribution >= 4 is 27.6 Å². The van der Waals surface area contributed by atoms with Crippen molar-refractivity contribution in [1.29, 1.82) is 0 Å². The molecule has 114 valence electrons. The summed E-state index contributed by atoms with van der Waals surface area (Å²) in [6.07, 6.45) is 4.31. The first-order valence-corrected chi connectivity index (χ1v) is 8.24. The summed E-state index contributed by atoms with van der Waals surface area (Å²) in [6, 6.07) is 27.6. The molecule has 5 rings (SSSR count). The van der Waals surface area contributed by atoms with Crippen LogP contribution in [-0.4, -0.2) is 0 Å². The van der Waals surface area contributed by atoms with Gasteiger partial charge < -0.3 is 4.74 Å². The molecule has 1 aliphatic heterocycles. The van der Waals surface area contributed by atoms with Crippen LogP contribution in [0.5, 0.6) is 5.75 Å². The molecule has 1 heterocycles. The first-order chi connectivity index (χ1) is 11.9. The van der Waals surface area contributed by atoms with Gasteiger partial charge in [0.25, 0.3) is 0 Å². The number of hydrogen-bond acceptors (Lipinski definition) is 1. The van der Waals surface area contributed by atoms with Crippen molar-refractivity contribution in [1.82, 2.24) is 0 Å². The number of rotatable bonds is 1. The monoisotopic (exact) mass is 308 g/mol. The Labute approximate surface area is 140 Å². The highest BCUT2D eigenvalue weighted by molar-refractivity contribution is 5.93. The molecule has 1 atom stereocenters. The summed E-state index contributed by atoms with van der Waals surface area (Å²) in [5.74, 6) is 0.953. The Balaban J connectivity index is 1.58. The third kappa shape index (κ3) is 2.10. The molecule has 4 aromatic rings. The van der Waals surface area contributed by atoms with Gasteiger partial charge in [0.15, 0.2) is 0 Å². The predicted molar refractivity (Wildman–Crippen MR) is 100 cm³/mol. The van der Waals surface area contributed by atoms with Crippen molar-refractivity contribution in [3.63, 3.8) is 0 Å². The Hall–Kier alpha value is -3.06. The fraction of sp³-hybridized carbons (Fsp3) is 0.0435. The van der Waals surface area contributed by atoms with Crippen LogP contribution in [0.1, 0.15) is 17.2 Å². The lowest BCUT2D eigenvalue weighted by Gasteiger charge is -2.23. The van der Waals surface area contributed by atoms with Gasteiger partial charge in [-0.3, -0.25) is 0 Å². The van der Waals surface area contributed by atoms with Gasteiger partial charge in [0, 0.05) is 5.56 Å². The maximum absolute atomic E-state index is 6.29. The summed E-state index contributed by atoms with van der Waals surface area (Å²) in [6.45, 7) is 0. The third-order valence-corrected chi connectivity index (χ3v) is 4.72. The van der Waals surface area contributed by atoms with Gasteiger partial charge in [0.2, 0.25) is 0 Å². The van der Waals surface area contributed by atoms with E-state index >= 15 is 0 Å². The number of fused-ring (bicyclic) bond motifs is 4. The highest BCUT2D eigenvalue weighted by Gasteiger charge is 2.18. The van der Waals surface area contributed by atoms with Gasteiger partial charge in [-0.25, -0.2) is 0 Å². The van der Waals surface area contributed by atoms with Crippen LogP contribution in [0.25, 0.3) is 27.6 Å². The van der Waals surface area contributed by atoms with Crippen LogP contribution >= 0.6 is 0 Å². The quantitative estimate of drug-likeness (QED) is 0.410. The highest BCUT2D eigenvalue weighted by atomic mass is 16.5. The molecule has 1 aliphatic rings. The Bertz CT molecular complexity index is 1090. The van der Waals surface area contributed by atoms with Crippen LogP contribution in [0.3, 0.4) is 0 Å². The molecule has 1 unspecified atom stereocenters. The molecule has 24 heavy (non-hydrogen) atoms. The second kappa shape index (κ2) is 5.24. The van der Waals surface area contributed by atoms with Gasteiger partial charge in [-0.1, -0.05) is 72.8 Å².